The lowest BCUT2D eigenvalue weighted by Crippen LogP contribution is -2.36. The van der Waals surface area contributed by atoms with Crippen molar-refractivity contribution in [3.05, 3.63) is 54.1 Å². The lowest BCUT2D eigenvalue weighted by Gasteiger charge is -2.26. The molecule has 0 saturated carbocycles. The molecular formula is C22H26N2O4. The SMILES string of the molecule is COc1ccccc1OCC(=O)Nc1ccc(CC(=O)N2CCCCC2)cc1. The van der Waals surface area contributed by atoms with Crippen molar-refractivity contribution >= 4 is 17.5 Å². The molecule has 6 heteroatoms. The number of hydrogen-bond acceptors (Lipinski definition) is 4. The number of ether oxygens (including phenoxy) is 2. The van der Waals surface area contributed by atoms with Crippen LogP contribution in [0.1, 0.15) is 24.8 Å². The number of anilines is 1. The number of hydrogen-bond donors (Lipinski definition) is 1. The fourth-order valence-electron chi connectivity index (χ4n) is 3.21. The molecule has 6 nitrogen and oxygen atoms in total. The van der Waals surface area contributed by atoms with Gasteiger partial charge in [0.2, 0.25) is 5.91 Å². The van der Waals surface area contributed by atoms with Crippen LogP contribution in [0.15, 0.2) is 48.5 Å². The minimum absolute atomic E-state index is 0.116. The van der Waals surface area contributed by atoms with Crippen LogP contribution in [0, 0.1) is 0 Å². The first kappa shape index (κ1) is 19.7. The van der Waals surface area contributed by atoms with E-state index in [-0.39, 0.29) is 18.4 Å². The molecule has 3 rings (SSSR count). The smallest absolute Gasteiger partial charge is 0.262 e. The summed E-state index contributed by atoms with van der Waals surface area (Å²) in [6, 6.07) is 14.5. The molecule has 148 valence electrons. The molecule has 1 fully saturated rings. The summed E-state index contributed by atoms with van der Waals surface area (Å²) in [5, 5.41) is 2.79. The number of methoxy groups -OCH3 is 1. The van der Waals surface area contributed by atoms with E-state index in [1.807, 2.05) is 29.2 Å². The van der Waals surface area contributed by atoms with Gasteiger partial charge in [-0.1, -0.05) is 24.3 Å². The summed E-state index contributed by atoms with van der Waals surface area (Å²) in [5.41, 5.74) is 1.61. The van der Waals surface area contributed by atoms with E-state index in [9.17, 15) is 9.59 Å². The molecule has 2 aromatic rings. The Kier molecular flexibility index (Phi) is 6.89. The summed E-state index contributed by atoms with van der Waals surface area (Å²) in [7, 11) is 1.56. The Morgan fingerprint density at radius 3 is 2.32 bits per heavy atom. The van der Waals surface area contributed by atoms with Crippen LogP contribution in [0.5, 0.6) is 11.5 Å². The van der Waals surface area contributed by atoms with Crippen molar-refractivity contribution in [2.24, 2.45) is 0 Å². The molecule has 0 unspecified atom stereocenters. The van der Waals surface area contributed by atoms with E-state index in [0.29, 0.717) is 23.6 Å². The third-order valence-corrected chi connectivity index (χ3v) is 4.73. The highest BCUT2D eigenvalue weighted by atomic mass is 16.5. The molecule has 2 amide bonds. The van der Waals surface area contributed by atoms with Crippen LogP contribution in [0.3, 0.4) is 0 Å². The zero-order valence-corrected chi connectivity index (χ0v) is 16.1. The second-order valence-corrected chi connectivity index (χ2v) is 6.80. The summed E-state index contributed by atoms with van der Waals surface area (Å²) in [6.45, 7) is 1.61. The number of nitrogens with one attached hydrogen (secondary N) is 1. The Balaban J connectivity index is 1.48. The molecule has 0 bridgehead atoms. The first-order valence-electron chi connectivity index (χ1n) is 9.58. The number of carbonyl (C=O) groups excluding carboxylic acids is 2. The molecule has 1 saturated heterocycles. The summed E-state index contributed by atoms with van der Waals surface area (Å²) in [4.78, 5) is 26.4. The van der Waals surface area contributed by atoms with E-state index in [0.717, 1.165) is 31.5 Å². The fraction of sp³-hybridized carbons (Fsp3) is 0.364. The van der Waals surface area contributed by atoms with Gasteiger partial charge < -0.3 is 19.7 Å². The summed E-state index contributed by atoms with van der Waals surface area (Å²) >= 11 is 0. The fourth-order valence-corrected chi connectivity index (χ4v) is 3.21. The predicted octanol–water partition coefficient (Wildman–Crippen LogP) is 3.27. The van der Waals surface area contributed by atoms with Crippen LogP contribution in [0.4, 0.5) is 5.69 Å². The monoisotopic (exact) mass is 382 g/mol. The molecule has 1 heterocycles. The molecular weight excluding hydrogens is 356 g/mol. The van der Waals surface area contributed by atoms with Gasteiger partial charge in [0.25, 0.3) is 5.91 Å². The molecule has 1 aliphatic heterocycles. The highest BCUT2D eigenvalue weighted by Gasteiger charge is 2.16. The van der Waals surface area contributed by atoms with Crippen molar-refractivity contribution in [1.82, 2.24) is 4.90 Å². The van der Waals surface area contributed by atoms with Gasteiger partial charge in [-0.3, -0.25) is 9.59 Å². The Morgan fingerprint density at radius 1 is 0.964 bits per heavy atom. The first-order chi connectivity index (χ1) is 13.7. The Morgan fingerprint density at radius 2 is 1.64 bits per heavy atom. The van der Waals surface area contributed by atoms with Gasteiger partial charge in [-0.05, 0) is 49.1 Å². The van der Waals surface area contributed by atoms with E-state index in [1.54, 1.807) is 31.4 Å². The lowest BCUT2D eigenvalue weighted by molar-refractivity contribution is -0.131. The van der Waals surface area contributed by atoms with Gasteiger partial charge in [0.15, 0.2) is 18.1 Å². The first-order valence-corrected chi connectivity index (χ1v) is 9.58. The maximum Gasteiger partial charge on any atom is 0.262 e. The Bertz CT molecular complexity index is 798. The van der Waals surface area contributed by atoms with Gasteiger partial charge >= 0.3 is 0 Å². The highest BCUT2D eigenvalue weighted by Crippen LogP contribution is 2.25. The maximum absolute atomic E-state index is 12.3. The number of para-hydroxylation sites is 2. The molecule has 2 aromatic carbocycles. The van der Waals surface area contributed by atoms with Gasteiger partial charge in [0.1, 0.15) is 0 Å². The summed E-state index contributed by atoms with van der Waals surface area (Å²) in [6.07, 6.45) is 3.78. The number of piperidine rings is 1. The van der Waals surface area contributed by atoms with E-state index < -0.39 is 0 Å². The minimum Gasteiger partial charge on any atom is -0.493 e. The number of benzene rings is 2. The lowest BCUT2D eigenvalue weighted by atomic mass is 10.1. The molecule has 0 spiro atoms. The van der Waals surface area contributed by atoms with Crippen LogP contribution in [0.25, 0.3) is 0 Å². The van der Waals surface area contributed by atoms with Gasteiger partial charge in [-0.2, -0.15) is 0 Å². The Labute approximate surface area is 165 Å². The minimum atomic E-state index is -0.261. The van der Waals surface area contributed by atoms with Crippen LogP contribution in [0.2, 0.25) is 0 Å². The number of likely N-dealkylation sites (tertiary alicyclic amines) is 1. The van der Waals surface area contributed by atoms with Gasteiger partial charge in [-0.15, -0.1) is 0 Å². The van der Waals surface area contributed by atoms with Crippen molar-refractivity contribution in [2.75, 3.05) is 32.1 Å². The normalized spacial score (nSPS) is 13.7. The van der Waals surface area contributed by atoms with Crippen LogP contribution in [-0.4, -0.2) is 43.5 Å². The maximum atomic E-state index is 12.3. The van der Waals surface area contributed by atoms with Crippen molar-refractivity contribution in [3.63, 3.8) is 0 Å². The molecule has 0 aliphatic carbocycles. The molecule has 28 heavy (non-hydrogen) atoms. The summed E-state index contributed by atoms with van der Waals surface area (Å²) < 4.78 is 10.7. The Hall–Kier alpha value is -3.02. The predicted molar refractivity (Wildman–Crippen MR) is 108 cm³/mol. The summed E-state index contributed by atoms with van der Waals surface area (Å²) in [5.74, 6) is 1.01. The van der Waals surface area contributed by atoms with Crippen molar-refractivity contribution in [1.29, 1.82) is 0 Å². The van der Waals surface area contributed by atoms with Crippen LogP contribution >= 0.6 is 0 Å². The molecule has 0 atom stereocenters. The number of carbonyl (C=O) groups is 2. The van der Waals surface area contributed by atoms with E-state index in [2.05, 4.69) is 5.32 Å². The van der Waals surface area contributed by atoms with E-state index >= 15 is 0 Å². The standard InChI is InChI=1S/C22H26N2O4/c1-27-19-7-3-4-8-20(19)28-16-21(25)23-18-11-9-17(10-12-18)15-22(26)24-13-5-2-6-14-24/h3-4,7-12H,2,5-6,13-16H2,1H3,(H,23,25). The molecule has 0 aromatic heterocycles. The molecule has 1 N–H and O–H groups in total. The van der Waals surface area contributed by atoms with Gasteiger partial charge in [-0.25, -0.2) is 0 Å². The number of nitrogens with zero attached hydrogens (tertiary/aromatic N) is 1. The average molecular weight is 382 g/mol. The van der Waals surface area contributed by atoms with E-state index in [1.165, 1.54) is 6.42 Å². The third-order valence-electron chi connectivity index (χ3n) is 4.73. The second kappa shape index (κ2) is 9.78. The quantitative estimate of drug-likeness (QED) is 0.798. The van der Waals surface area contributed by atoms with E-state index in [4.69, 9.17) is 9.47 Å². The number of amides is 2. The van der Waals surface area contributed by atoms with Crippen LogP contribution < -0.4 is 14.8 Å². The van der Waals surface area contributed by atoms with Crippen molar-refractivity contribution in [3.8, 4) is 11.5 Å². The average Bonchev–Trinajstić information content (AvgIpc) is 2.74. The largest absolute Gasteiger partial charge is 0.493 e. The molecule has 0 radical (unpaired) electrons. The zero-order chi connectivity index (χ0) is 19.8. The van der Waals surface area contributed by atoms with Crippen molar-refractivity contribution < 1.29 is 19.1 Å². The van der Waals surface area contributed by atoms with Crippen LogP contribution in [-0.2, 0) is 16.0 Å². The van der Waals surface area contributed by atoms with Gasteiger partial charge in [0, 0.05) is 18.8 Å². The van der Waals surface area contributed by atoms with Gasteiger partial charge in [0.05, 0.1) is 13.5 Å². The third kappa shape index (κ3) is 5.49. The van der Waals surface area contributed by atoms with Crippen molar-refractivity contribution in [2.45, 2.75) is 25.7 Å². The zero-order valence-electron chi connectivity index (χ0n) is 16.1. The molecule has 1 aliphatic rings. The number of rotatable bonds is 7. The second-order valence-electron chi connectivity index (χ2n) is 6.80. The topological polar surface area (TPSA) is 67.9 Å². The highest BCUT2D eigenvalue weighted by molar-refractivity contribution is 5.92.